The number of benzene rings is 2. The predicted molar refractivity (Wildman–Crippen MR) is 107 cm³/mol. The zero-order valence-electron chi connectivity index (χ0n) is 15.5. The zero-order chi connectivity index (χ0) is 21.1. The Morgan fingerprint density at radius 3 is 2.29 bits per heavy atom. The number of anilines is 2. The van der Waals surface area contributed by atoms with E-state index in [4.69, 9.17) is 21.5 Å². The molecule has 3 N–H and O–H groups in total. The van der Waals surface area contributed by atoms with Gasteiger partial charge < -0.3 is 15.0 Å². The van der Waals surface area contributed by atoms with Gasteiger partial charge in [-0.1, -0.05) is 11.6 Å². The molecule has 8 nitrogen and oxygen atoms in total. The summed E-state index contributed by atoms with van der Waals surface area (Å²) >= 11 is 5.78. The van der Waals surface area contributed by atoms with Crippen molar-refractivity contribution in [3.63, 3.8) is 0 Å². The molecular weight excluding hydrogens is 406 g/mol. The highest BCUT2D eigenvalue weighted by atomic mass is 35.5. The van der Waals surface area contributed by atoms with Gasteiger partial charge in [0.15, 0.2) is 6.10 Å². The first-order valence-corrected chi connectivity index (χ1v) is 10.0. The summed E-state index contributed by atoms with van der Waals surface area (Å²) in [5.74, 6) is -1.42. The first-order chi connectivity index (χ1) is 13.0. The highest BCUT2D eigenvalue weighted by Crippen LogP contribution is 2.22. The third-order valence-corrected chi connectivity index (χ3v) is 5.17. The van der Waals surface area contributed by atoms with Gasteiger partial charge in [0.2, 0.25) is 10.0 Å². The summed E-state index contributed by atoms with van der Waals surface area (Å²) < 4.78 is 28.1. The molecule has 0 aromatic heterocycles. The van der Waals surface area contributed by atoms with Crippen molar-refractivity contribution in [1.82, 2.24) is 0 Å². The molecule has 0 aliphatic heterocycles. The number of esters is 1. The second-order valence-electron chi connectivity index (χ2n) is 6.17. The maximum atomic E-state index is 12.2. The minimum Gasteiger partial charge on any atom is -0.449 e. The van der Waals surface area contributed by atoms with Crippen LogP contribution in [0.3, 0.4) is 0 Å². The monoisotopic (exact) mass is 425 g/mol. The van der Waals surface area contributed by atoms with Gasteiger partial charge in [0.05, 0.1) is 10.6 Å². The molecular formula is C18H20ClN3O5S. The second-order valence-corrected chi connectivity index (χ2v) is 8.11. The second kappa shape index (κ2) is 8.59. The fourth-order valence-corrected chi connectivity index (χ4v) is 3.29. The third-order valence-electron chi connectivity index (χ3n) is 3.78. The van der Waals surface area contributed by atoms with Crippen LogP contribution < -0.4 is 15.4 Å². The normalized spacial score (nSPS) is 12.2. The third kappa shape index (κ3) is 5.44. The van der Waals surface area contributed by atoms with E-state index in [1.165, 1.54) is 19.1 Å². The molecule has 0 unspecified atom stereocenters. The van der Waals surface area contributed by atoms with E-state index < -0.39 is 32.9 Å². The van der Waals surface area contributed by atoms with Crippen molar-refractivity contribution in [1.29, 1.82) is 0 Å². The summed E-state index contributed by atoms with van der Waals surface area (Å²) in [6, 6.07) is 10.6. The molecule has 1 atom stereocenters. The number of rotatable bonds is 6. The standard InChI is InChI=1S/C18H20ClN3O5S/c1-11(17(23)21-13-5-7-14(8-6-13)22(2)3)27-18(24)12-4-9-15(19)16(10-12)28(20,25)26/h4-11H,1-3H3,(H,21,23)(H2,20,25,26)/t11-/m0/s1. The highest BCUT2D eigenvalue weighted by molar-refractivity contribution is 7.89. The number of hydrogen-bond acceptors (Lipinski definition) is 6. The van der Waals surface area contributed by atoms with Crippen molar-refractivity contribution in [2.45, 2.75) is 17.9 Å². The average molecular weight is 426 g/mol. The van der Waals surface area contributed by atoms with Crippen molar-refractivity contribution in [2.24, 2.45) is 5.14 Å². The quantitative estimate of drug-likeness (QED) is 0.685. The fraction of sp³-hybridized carbons (Fsp3) is 0.222. The van der Waals surface area contributed by atoms with Gasteiger partial charge in [-0.05, 0) is 49.4 Å². The summed E-state index contributed by atoms with van der Waals surface area (Å²) in [7, 11) is -0.315. The van der Waals surface area contributed by atoms with E-state index in [1.807, 2.05) is 31.1 Å². The van der Waals surface area contributed by atoms with Gasteiger partial charge in [0.1, 0.15) is 4.90 Å². The van der Waals surface area contributed by atoms with Crippen LogP contribution in [0.15, 0.2) is 47.4 Å². The summed E-state index contributed by atoms with van der Waals surface area (Å²) in [6.07, 6.45) is -1.12. The van der Waals surface area contributed by atoms with Gasteiger partial charge in [0, 0.05) is 25.5 Å². The van der Waals surface area contributed by atoms with Gasteiger partial charge >= 0.3 is 5.97 Å². The molecule has 0 fully saturated rings. The number of primary sulfonamides is 1. The number of halogens is 1. The average Bonchev–Trinajstić information content (AvgIpc) is 2.61. The lowest BCUT2D eigenvalue weighted by Crippen LogP contribution is -2.30. The number of nitrogens with one attached hydrogen (secondary N) is 1. The fourth-order valence-electron chi connectivity index (χ4n) is 2.22. The smallest absolute Gasteiger partial charge is 0.338 e. The van der Waals surface area contributed by atoms with Crippen molar-refractivity contribution in [3.05, 3.63) is 53.1 Å². The van der Waals surface area contributed by atoms with Gasteiger partial charge in [-0.25, -0.2) is 18.4 Å². The van der Waals surface area contributed by atoms with Gasteiger partial charge in [-0.3, -0.25) is 4.79 Å². The van der Waals surface area contributed by atoms with Crippen LogP contribution >= 0.6 is 11.6 Å². The molecule has 2 rings (SSSR count). The van der Waals surface area contributed by atoms with E-state index in [0.717, 1.165) is 11.8 Å². The van der Waals surface area contributed by atoms with E-state index in [2.05, 4.69) is 5.32 Å². The first kappa shape index (κ1) is 21.7. The first-order valence-electron chi connectivity index (χ1n) is 8.10. The van der Waals surface area contributed by atoms with E-state index in [1.54, 1.807) is 12.1 Å². The molecule has 0 heterocycles. The minimum atomic E-state index is -4.11. The number of nitrogens with zero attached hydrogens (tertiary/aromatic N) is 1. The Bertz CT molecular complexity index is 991. The van der Waals surface area contributed by atoms with Crippen LogP contribution in [-0.4, -0.2) is 40.5 Å². The van der Waals surface area contributed by atoms with Crippen LogP contribution in [0.1, 0.15) is 17.3 Å². The molecule has 2 aromatic rings. The molecule has 0 saturated carbocycles. The lowest BCUT2D eigenvalue weighted by Gasteiger charge is -2.15. The van der Waals surface area contributed by atoms with Crippen LogP contribution in [0.2, 0.25) is 5.02 Å². The number of carbonyl (C=O) groups excluding carboxylic acids is 2. The van der Waals surface area contributed by atoms with E-state index in [-0.39, 0.29) is 10.6 Å². The Balaban J connectivity index is 2.06. The molecule has 0 aliphatic rings. The summed E-state index contributed by atoms with van der Waals surface area (Å²) in [5, 5.41) is 7.58. The Kier molecular flexibility index (Phi) is 6.65. The number of carbonyl (C=O) groups is 2. The van der Waals surface area contributed by atoms with E-state index >= 15 is 0 Å². The molecule has 150 valence electrons. The summed E-state index contributed by atoms with van der Waals surface area (Å²) in [6.45, 7) is 1.40. The lowest BCUT2D eigenvalue weighted by atomic mass is 10.2. The number of nitrogens with two attached hydrogens (primary N) is 1. The van der Waals surface area contributed by atoms with Gasteiger partial charge in [0.25, 0.3) is 5.91 Å². The predicted octanol–water partition coefficient (Wildman–Crippen LogP) is 2.24. The molecule has 10 heteroatoms. The summed E-state index contributed by atoms with van der Waals surface area (Å²) in [4.78, 5) is 26.0. The minimum absolute atomic E-state index is 0.0941. The maximum absolute atomic E-state index is 12.2. The Morgan fingerprint density at radius 1 is 1.14 bits per heavy atom. The SMILES string of the molecule is C[C@H](OC(=O)c1ccc(Cl)c(S(N)(=O)=O)c1)C(=O)Nc1ccc(N(C)C)cc1. The van der Waals surface area contributed by atoms with Crippen molar-refractivity contribution >= 4 is 44.9 Å². The largest absolute Gasteiger partial charge is 0.449 e. The topological polar surface area (TPSA) is 119 Å². The molecule has 0 spiro atoms. The molecule has 0 saturated heterocycles. The highest BCUT2D eigenvalue weighted by Gasteiger charge is 2.21. The Labute approximate surface area is 168 Å². The lowest BCUT2D eigenvalue weighted by molar-refractivity contribution is -0.123. The molecule has 2 aromatic carbocycles. The Hall–Kier alpha value is -2.62. The van der Waals surface area contributed by atoms with Gasteiger partial charge in [-0.2, -0.15) is 0 Å². The molecule has 0 bridgehead atoms. The Morgan fingerprint density at radius 2 is 1.75 bits per heavy atom. The van der Waals surface area contributed by atoms with Gasteiger partial charge in [-0.15, -0.1) is 0 Å². The van der Waals surface area contributed by atoms with Crippen molar-refractivity contribution < 1.29 is 22.7 Å². The van der Waals surface area contributed by atoms with E-state index in [9.17, 15) is 18.0 Å². The zero-order valence-corrected chi connectivity index (χ0v) is 17.0. The molecule has 1 amide bonds. The van der Waals surface area contributed by atoms with Crippen molar-refractivity contribution in [2.75, 3.05) is 24.3 Å². The molecule has 0 radical (unpaired) electrons. The van der Waals surface area contributed by atoms with Crippen LogP contribution in [0.4, 0.5) is 11.4 Å². The van der Waals surface area contributed by atoms with Crippen LogP contribution in [-0.2, 0) is 19.6 Å². The number of hydrogen-bond donors (Lipinski definition) is 2. The van der Waals surface area contributed by atoms with Crippen LogP contribution in [0.5, 0.6) is 0 Å². The molecule has 0 aliphatic carbocycles. The number of ether oxygens (including phenoxy) is 1. The van der Waals surface area contributed by atoms with E-state index in [0.29, 0.717) is 5.69 Å². The van der Waals surface area contributed by atoms with Crippen LogP contribution in [0.25, 0.3) is 0 Å². The molecule has 28 heavy (non-hydrogen) atoms. The number of amides is 1. The maximum Gasteiger partial charge on any atom is 0.338 e. The van der Waals surface area contributed by atoms with Crippen molar-refractivity contribution in [3.8, 4) is 0 Å². The number of sulfonamides is 1. The summed E-state index contributed by atoms with van der Waals surface area (Å²) in [5.41, 5.74) is 1.41. The van der Waals surface area contributed by atoms with Crippen LogP contribution in [0, 0.1) is 0 Å².